The van der Waals surface area contributed by atoms with Crippen LogP contribution in [0.3, 0.4) is 0 Å². The van der Waals surface area contributed by atoms with Crippen molar-refractivity contribution in [3.63, 3.8) is 0 Å². The first-order valence-corrected chi connectivity index (χ1v) is 11.0. The van der Waals surface area contributed by atoms with Crippen molar-refractivity contribution in [1.29, 1.82) is 0 Å². The second-order valence-corrected chi connectivity index (χ2v) is 8.07. The van der Waals surface area contributed by atoms with Gasteiger partial charge >= 0.3 is 0 Å². The summed E-state index contributed by atoms with van der Waals surface area (Å²) in [6.07, 6.45) is 0. The number of hydrogen-bond acceptors (Lipinski definition) is 8. The van der Waals surface area contributed by atoms with E-state index in [1.807, 2.05) is 0 Å². The molecule has 0 radical (unpaired) electrons. The molecule has 2 aliphatic heterocycles. The number of rotatable bonds is 7. The summed E-state index contributed by atoms with van der Waals surface area (Å²) in [6.45, 7) is 3.54. The first-order valence-electron chi connectivity index (χ1n) is 11.0. The molecular weight excluding hydrogens is 440 g/mol. The van der Waals surface area contributed by atoms with E-state index in [-0.39, 0.29) is 23.4 Å². The number of aliphatic hydroxyl groups excluding tert-OH is 1. The number of carbonyl (C=O) groups excluding carboxylic acids is 2. The quantitative estimate of drug-likeness (QED) is 0.362. The molecule has 2 aliphatic rings. The van der Waals surface area contributed by atoms with E-state index in [0.717, 1.165) is 13.1 Å². The fraction of sp³-hybridized carbons (Fsp3) is 0.360. The first-order chi connectivity index (χ1) is 16.5. The fourth-order valence-electron chi connectivity index (χ4n) is 4.38. The molecule has 1 amide bonds. The van der Waals surface area contributed by atoms with E-state index < -0.39 is 23.5 Å². The number of phenolic OH excluding ortho intramolecular Hbond substituents is 1. The van der Waals surface area contributed by atoms with Gasteiger partial charge in [-0.3, -0.25) is 14.5 Å². The minimum Gasteiger partial charge on any atom is -0.507 e. The van der Waals surface area contributed by atoms with Crippen molar-refractivity contribution in [2.24, 2.45) is 0 Å². The van der Waals surface area contributed by atoms with Gasteiger partial charge in [-0.2, -0.15) is 0 Å². The largest absolute Gasteiger partial charge is 0.507 e. The summed E-state index contributed by atoms with van der Waals surface area (Å²) in [6, 6.07) is 10.5. The summed E-state index contributed by atoms with van der Waals surface area (Å²) in [5.74, 6) is -1.38. The lowest BCUT2D eigenvalue weighted by Gasteiger charge is -2.31. The molecule has 2 aromatic carbocycles. The lowest BCUT2D eigenvalue weighted by Crippen LogP contribution is -2.42. The number of carbonyl (C=O) groups is 2. The summed E-state index contributed by atoms with van der Waals surface area (Å²) in [5, 5.41) is 21.7. The van der Waals surface area contributed by atoms with Crippen LogP contribution in [0.2, 0.25) is 0 Å². The van der Waals surface area contributed by atoms with Crippen LogP contribution >= 0.6 is 0 Å². The third kappa shape index (κ3) is 4.44. The highest BCUT2D eigenvalue weighted by atomic mass is 16.5. The third-order valence-corrected chi connectivity index (χ3v) is 6.19. The molecule has 9 nitrogen and oxygen atoms in total. The molecule has 2 aromatic rings. The van der Waals surface area contributed by atoms with E-state index in [9.17, 15) is 19.8 Å². The van der Waals surface area contributed by atoms with Gasteiger partial charge in [-0.25, -0.2) is 0 Å². The molecule has 180 valence electrons. The number of aromatic hydroxyl groups is 1. The Morgan fingerprint density at radius 2 is 1.79 bits per heavy atom. The predicted octanol–water partition coefficient (Wildman–Crippen LogP) is 2.16. The Bertz CT molecular complexity index is 1110. The van der Waals surface area contributed by atoms with Crippen molar-refractivity contribution < 1.29 is 34.0 Å². The van der Waals surface area contributed by atoms with E-state index in [1.165, 1.54) is 31.3 Å². The van der Waals surface area contributed by atoms with E-state index in [0.29, 0.717) is 36.8 Å². The van der Waals surface area contributed by atoms with Gasteiger partial charge in [0.25, 0.3) is 11.7 Å². The predicted molar refractivity (Wildman–Crippen MR) is 124 cm³/mol. The molecule has 2 fully saturated rings. The van der Waals surface area contributed by atoms with Crippen LogP contribution in [0.25, 0.3) is 5.76 Å². The number of nitrogens with zero attached hydrogens (tertiary/aromatic N) is 2. The SMILES string of the molecule is COc1ccc(C(O)=C2C(=O)C(=O)N(CCN3CCOCC3)C2c2ccccc2OC)c(O)c1. The van der Waals surface area contributed by atoms with Crippen molar-refractivity contribution in [3.8, 4) is 17.2 Å². The van der Waals surface area contributed by atoms with Crippen LogP contribution in [0.15, 0.2) is 48.0 Å². The second-order valence-electron chi connectivity index (χ2n) is 8.07. The molecule has 2 heterocycles. The first kappa shape index (κ1) is 23.6. The van der Waals surface area contributed by atoms with Gasteiger partial charge < -0.3 is 29.3 Å². The number of Topliss-reactive ketones (excluding diaryl/α,β-unsaturated/α-hetero) is 1. The normalized spacial score (nSPS) is 20.5. The van der Waals surface area contributed by atoms with Crippen LogP contribution in [0.1, 0.15) is 17.2 Å². The van der Waals surface area contributed by atoms with Gasteiger partial charge in [-0.05, 0) is 18.2 Å². The van der Waals surface area contributed by atoms with Crippen molar-refractivity contribution in [2.75, 3.05) is 53.6 Å². The average molecular weight is 469 g/mol. The van der Waals surface area contributed by atoms with Gasteiger partial charge in [0.1, 0.15) is 23.0 Å². The number of ether oxygens (including phenoxy) is 3. The van der Waals surface area contributed by atoms with Crippen LogP contribution in [0.5, 0.6) is 17.2 Å². The van der Waals surface area contributed by atoms with Crippen molar-refractivity contribution in [2.45, 2.75) is 6.04 Å². The highest BCUT2D eigenvalue weighted by Crippen LogP contribution is 2.43. The van der Waals surface area contributed by atoms with Gasteiger partial charge in [-0.15, -0.1) is 0 Å². The molecule has 0 bridgehead atoms. The maximum absolute atomic E-state index is 13.2. The number of hydrogen-bond donors (Lipinski definition) is 2. The van der Waals surface area contributed by atoms with Crippen LogP contribution < -0.4 is 9.47 Å². The molecular formula is C25H28N2O7. The fourth-order valence-corrected chi connectivity index (χ4v) is 4.38. The number of methoxy groups -OCH3 is 2. The number of likely N-dealkylation sites (tertiary alicyclic amines) is 1. The Hall–Kier alpha value is -3.56. The van der Waals surface area contributed by atoms with Crippen LogP contribution in [0, 0.1) is 0 Å². The summed E-state index contributed by atoms with van der Waals surface area (Å²) in [5.41, 5.74) is 0.504. The van der Waals surface area contributed by atoms with Crippen molar-refractivity contribution >= 4 is 17.4 Å². The minimum atomic E-state index is -0.876. The number of amides is 1. The summed E-state index contributed by atoms with van der Waals surface area (Å²) in [4.78, 5) is 30.0. The summed E-state index contributed by atoms with van der Waals surface area (Å²) < 4.78 is 16.0. The molecule has 9 heteroatoms. The standard InChI is InChI=1S/C25H28N2O7/c1-32-16-7-8-17(19(28)15-16)23(29)21-22(18-5-3-4-6-20(18)33-2)27(25(31)24(21)30)10-9-26-11-13-34-14-12-26/h3-8,15,22,28-29H,9-14H2,1-2H3. The van der Waals surface area contributed by atoms with Gasteiger partial charge in [-0.1, -0.05) is 18.2 Å². The number of benzene rings is 2. The Labute approximate surface area is 197 Å². The number of aliphatic hydroxyl groups is 1. The Morgan fingerprint density at radius 3 is 2.47 bits per heavy atom. The number of phenols is 1. The van der Waals surface area contributed by atoms with Crippen LogP contribution in [0.4, 0.5) is 0 Å². The Kier molecular flexibility index (Phi) is 7.04. The van der Waals surface area contributed by atoms with Crippen molar-refractivity contribution in [1.82, 2.24) is 9.80 Å². The second kappa shape index (κ2) is 10.1. The monoisotopic (exact) mass is 468 g/mol. The van der Waals surface area contributed by atoms with Gasteiger partial charge in [0.05, 0.1) is 44.6 Å². The van der Waals surface area contributed by atoms with E-state index >= 15 is 0 Å². The molecule has 34 heavy (non-hydrogen) atoms. The highest BCUT2D eigenvalue weighted by Gasteiger charge is 2.47. The summed E-state index contributed by atoms with van der Waals surface area (Å²) in [7, 11) is 2.96. The van der Waals surface area contributed by atoms with Crippen LogP contribution in [-0.2, 0) is 14.3 Å². The van der Waals surface area contributed by atoms with E-state index in [4.69, 9.17) is 14.2 Å². The minimum absolute atomic E-state index is 0.0341. The van der Waals surface area contributed by atoms with Crippen molar-refractivity contribution in [3.05, 3.63) is 59.2 Å². The van der Waals surface area contributed by atoms with Gasteiger partial charge in [0.2, 0.25) is 0 Å². The van der Waals surface area contributed by atoms with Gasteiger partial charge in [0.15, 0.2) is 0 Å². The molecule has 0 aliphatic carbocycles. The zero-order valence-electron chi connectivity index (χ0n) is 19.2. The lowest BCUT2D eigenvalue weighted by atomic mass is 9.94. The number of morpholine rings is 1. The molecule has 2 N–H and O–H groups in total. The topological polar surface area (TPSA) is 109 Å². The van der Waals surface area contributed by atoms with E-state index in [1.54, 1.807) is 30.3 Å². The molecule has 1 unspecified atom stereocenters. The number of ketones is 1. The Balaban J connectivity index is 1.79. The summed E-state index contributed by atoms with van der Waals surface area (Å²) >= 11 is 0. The lowest BCUT2D eigenvalue weighted by molar-refractivity contribution is -0.140. The molecule has 0 spiro atoms. The third-order valence-electron chi connectivity index (χ3n) is 6.19. The molecule has 0 saturated carbocycles. The molecule has 2 saturated heterocycles. The zero-order chi connectivity index (χ0) is 24.2. The van der Waals surface area contributed by atoms with E-state index in [2.05, 4.69) is 4.90 Å². The zero-order valence-corrected chi connectivity index (χ0v) is 19.2. The average Bonchev–Trinajstić information content (AvgIpc) is 3.12. The van der Waals surface area contributed by atoms with Crippen LogP contribution in [-0.4, -0.2) is 85.3 Å². The smallest absolute Gasteiger partial charge is 0.295 e. The number of para-hydroxylation sites is 1. The maximum Gasteiger partial charge on any atom is 0.295 e. The molecule has 1 atom stereocenters. The Morgan fingerprint density at radius 1 is 1.06 bits per heavy atom. The highest BCUT2D eigenvalue weighted by molar-refractivity contribution is 6.46. The maximum atomic E-state index is 13.2. The van der Waals surface area contributed by atoms with Gasteiger partial charge in [0, 0.05) is 37.8 Å². The molecule has 4 rings (SSSR count). The molecule has 0 aromatic heterocycles.